The zero-order valence-electron chi connectivity index (χ0n) is 17.8. The van der Waals surface area contributed by atoms with Gasteiger partial charge in [0, 0.05) is 36.6 Å². The minimum atomic E-state index is -1.08. The van der Waals surface area contributed by atoms with Crippen molar-refractivity contribution in [2.45, 2.75) is 45.2 Å². The van der Waals surface area contributed by atoms with Crippen LogP contribution in [0, 0.1) is 0 Å². The van der Waals surface area contributed by atoms with Crippen molar-refractivity contribution in [2.75, 3.05) is 29.2 Å². The maximum Gasteiger partial charge on any atom is 0.413 e. The van der Waals surface area contributed by atoms with Crippen molar-refractivity contribution in [1.82, 2.24) is 14.6 Å². The van der Waals surface area contributed by atoms with Gasteiger partial charge < -0.3 is 20.9 Å². The Balaban J connectivity index is 1.78. The number of nitrogen functional groups attached to an aromatic ring is 1. The lowest BCUT2D eigenvalue weighted by atomic mass is 10.1. The number of ether oxygens (including phenoxy) is 1. The Morgan fingerprint density at radius 3 is 2.81 bits per heavy atom. The summed E-state index contributed by atoms with van der Waals surface area (Å²) >= 11 is 0. The van der Waals surface area contributed by atoms with Gasteiger partial charge in [-0.2, -0.15) is 9.61 Å². The third-order valence-electron chi connectivity index (χ3n) is 5.47. The highest BCUT2D eigenvalue weighted by Crippen LogP contribution is 2.28. The van der Waals surface area contributed by atoms with Gasteiger partial charge in [-0.25, -0.2) is 9.78 Å². The molecule has 2 aromatic heterocycles. The fraction of sp³-hybridized carbons (Fsp3) is 0.409. The summed E-state index contributed by atoms with van der Waals surface area (Å²) in [6.07, 6.45) is 2.44. The lowest BCUT2D eigenvalue weighted by Gasteiger charge is -2.25. The molecule has 9 nitrogen and oxygen atoms in total. The van der Waals surface area contributed by atoms with E-state index in [1.54, 1.807) is 28.9 Å². The van der Waals surface area contributed by atoms with Gasteiger partial charge in [0.05, 0.1) is 12.7 Å². The van der Waals surface area contributed by atoms with E-state index in [1.807, 2.05) is 12.1 Å². The van der Waals surface area contributed by atoms with Crippen molar-refractivity contribution in [3.8, 4) is 0 Å². The molecule has 1 fully saturated rings. The zero-order valence-corrected chi connectivity index (χ0v) is 17.8. The molecule has 31 heavy (non-hydrogen) atoms. The van der Waals surface area contributed by atoms with Crippen LogP contribution in [0.4, 0.5) is 22.1 Å². The summed E-state index contributed by atoms with van der Waals surface area (Å²) < 4.78 is 7.05. The van der Waals surface area contributed by atoms with E-state index in [2.05, 4.69) is 24.3 Å². The Labute approximate surface area is 180 Å². The summed E-state index contributed by atoms with van der Waals surface area (Å²) in [5.74, 6) is 1.26. The molecule has 0 aliphatic carbocycles. The Kier molecular flexibility index (Phi) is 5.94. The molecule has 3 heterocycles. The number of amides is 1. The Bertz CT molecular complexity index is 1070. The SMILES string of the molecule is CC(C)c1cnn2c(N(Cc3cccc(N)c3)C(=O)O)cc(NC3CCOCC3)nc12. The number of fused-ring (bicyclic) bond motifs is 1. The molecule has 4 N–H and O–H groups in total. The van der Waals surface area contributed by atoms with Crippen LogP contribution in [0.1, 0.15) is 43.7 Å². The fourth-order valence-corrected chi connectivity index (χ4v) is 3.81. The second kappa shape index (κ2) is 8.81. The zero-order chi connectivity index (χ0) is 22.0. The second-order valence-corrected chi connectivity index (χ2v) is 8.13. The van der Waals surface area contributed by atoms with Crippen molar-refractivity contribution in [3.63, 3.8) is 0 Å². The molecule has 0 unspecified atom stereocenters. The third kappa shape index (κ3) is 4.56. The quantitative estimate of drug-likeness (QED) is 0.516. The van der Waals surface area contributed by atoms with Gasteiger partial charge in [0.2, 0.25) is 0 Å². The maximum absolute atomic E-state index is 12.3. The van der Waals surface area contributed by atoms with Crippen molar-refractivity contribution in [2.24, 2.45) is 0 Å². The first-order chi connectivity index (χ1) is 14.9. The molecule has 1 aliphatic heterocycles. The fourth-order valence-electron chi connectivity index (χ4n) is 3.81. The van der Waals surface area contributed by atoms with E-state index in [4.69, 9.17) is 15.5 Å². The number of hydrogen-bond donors (Lipinski definition) is 3. The van der Waals surface area contributed by atoms with E-state index in [9.17, 15) is 9.90 Å². The molecule has 0 atom stereocenters. The smallest absolute Gasteiger partial charge is 0.413 e. The predicted molar refractivity (Wildman–Crippen MR) is 120 cm³/mol. The molecule has 1 aromatic carbocycles. The second-order valence-electron chi connectivity index (χ2n) is 8.13. The van der Waals surface area contributed by atoms with Crippen molar-refractivity contribution in [1.29, 1.82) is 0 Å². The first-order valence-electron chi connectivity index (χ1n) is 10.5. The van der Waals surface area contributed by atoms with E-state index < -0.39 is 6.09 Å². The molecule has 3 aromatic rings. The van der Waals surface area contributed by atoms with Gasteiger partial charge >= 0.3 is 6.09 Å². The van der Waals surface area contributed by atoms with Gasteiger partial charge in [0.1, 0.15) is 11.6 Å². The number of nitrogens with two attached hydrogens (primary N) is 1. The van der Waals surface area contributed by atoms with Gasteiger partial charge in [-0.3, -0.25) is 4.90 Å². The average molecular weight is 425 g/mol. The van der Waals surface area contributed by atoms with E-state index >= 15 is 0 Å². The summed E-state index contributed by atoms with van der Waals surface area (Å²) in [5, 5.41) is 18.0. The lowest BCUT2D eigenvalue weighted by Crippen LogP contribution is -2.32. The first-order valence-corrected chi connectivity index (χ1v) is 10.5. The topological polar surface area (TPSA) is 118 Å². The Morgan fingerprint density at radius 1 is 1.35 bits per heavy atom. The monoisotopic (exact) mass is 424 g/mol. The third-order valence-corrected chi connectivity index (χ3v) is 5.47. The molecular weight excluding hydrogens is 396 g/mol. The number of anilines is 3. The highest BCUT2D eigenvalue weighted by Gasteiger charge is 2.23. The van der Waals surface area contributed by atoms with Crippen molar-refractivity contribution < 1.29 is 14.6 Å². The number of hydrogen-bond acceptors (Lipinski definition) is 6. The lowest BCUT2D eigenvalue weighted by molar-refractivity contribution is 0.0904. The molecule has 0 saturated carbocycles. The largest absolute Gasteiger partial charge is 0.465 e. The molecule has 0 radical (unpaired) electrons. The first kappa shape index (κ1) is 20.9. The van der Waals surface area contributed by atoms with Gasteiger partial charge in [0.25, 0.3) is 0 Å². The molecule has 4 rings (SSSR count). The molecule has 0 spiro atoms. The van der Waals surface area contributed by atoms with Crippen LogP contribution in [0.15, 0.2) is 36.5 Å². The number of benzene rings is 1. The van der Waals surface area contributed by atoms with Crippen LogP contribution >= 0.6 is 0 Å². The van der Waals surface area contributed by atoms with Gasteiger partial charge in [-0.15, -0.1) is 0 Å². The van der Waals surface area contributed by atoms with Crippen LogP contribution in [0.3, 0.4) is 0 Å². The van der Waals surface area contributed by atoms with Crippen LogP contribution in [0.25, 0.3) is 5.65 Å². The van der Waals surface area contributed by atoms with E-state index in [0.717, 1.165) is 24.0 Å². The van der Waals surface area contributed by atoms with Crippen LogP contribution in [0.5, 0.6) is 0 Å². The van der Waals surface area contributed by atoms with Crippen molar-refractivity contribution >= 4 is 29.1 Å². The summed E-state index contributed by atoms with van der Waals surface area (Å²) in [5.41, 5.74) is 8.89. The number of nitrogens with one attached hydrogen (secondary N) is 1. The van der Waals surface area contributed by atoms with Crippen LogP contribution in [-0.2, 0) is 11.3 Å². The molecule has 1 saturated heterocycles. The normalized spacial score (nSPS) is 14.8. The Morgan fingerprint density at radius 2 is 2.13 bits per heavy atom. The van der Waals surface area contributed by atoms with Gasteiger partial charge in [-0.05, 0) is 36.5 Å². The molecule has 1 amide bonds. The number of aromatic nitrogens is 3. The summed E-state index contributed by atoms with van der Waals surface area (Å²) in [4.78, 5) is 18.3. The van der Waals surface area contributed by atoms with Crippen molar-refractivity contribution in [3.05, 3.63) is 47.7 Å². The highest BCUT2D eigenvalue weighted by atomic mass is 16.5. The van der Waals surface area contributed by atoms with Crippen LogP contribution in [-0.4, -0.2) is 45.1 Å². The van der Waals surface area contributed by atoms with Gasteiger partial charge in [0.15, 0.2) is 5.65 Å². The number of nitrogens with zero attached hydrogens (tertiary/aromatic N) is 4. The van der Waals surface area contributed by atoms with Gasteiger partial charge in [-0.1, -0.05) is 26.0 Å². The molecule has 9 heteroatoms. The van der Waals surface area contributed by atoms with Crippen LogP contribution in [0.2, 0.25) is 0 Å². The minimum absolute atomic E-state index is 0.146. The Hall–Kier alpha value is -3.33. The van der Waals surface area contributed by atoms with E-state index in [1.165, 1.54) is 4.90 Å². The average Bonchev–Trinajstić information content (AvgIpc) is 3.16. The summed E-state index contributed by atoms with van der Waals surface area (Å²) in [7, 11) is 0. The van der Waals surface area contributed by atoms with E-state index in [-0.39, 0.29) is 18.5 Å². The predicted octanol–water partition coefficient (Wildman–Crippen LogP) is 3.71. The minimum Gasteiger partial charge on any atom is -0.465 e. The number of rotatable bonds is 6. The number of carbonyl (C=O) groups is 1. The standard InChI is InChI=1S/C22H28N6O3/c1-14(2)18-12-24-28-20(27(22(29)30)13-15-4-3-5-16(23)10-15)11-19(26-21(18)28)25-17-6-8-31-9-7-17/h3-5,10-12,14,17H,6-9,13,23H2,1-2H3,(H,25,26)(H,29,30). The van der Waals surface area contributed by atoms with Crippen LogP contribution < -0.4 is 16.0 Å². The highest BCUT2D eigenvalue weighted by molar-refractivity contribution is 5.86. The summed E-state index contributed by atoms with van der Waals surface area (Å²) in [6.45, 7) is 5.69. The molecule has 1 aliphatic rings. The molecule has 164 valence electrons. The maximum atomic E-state index is 12.3. The summed E-state index contributed by atoms with van der Waals surface area (Å²) in [6, 6.07) is 9.20. The van der Waals surface area contributed by atoms with E-state index in [0.29, 0.717) is 36.2 Å². The molecule has 0 bridgehead atoms. The number of carboxylic acid groups (broad SMARTS) is 1. The molecular formula is C22H28N6O3.